The molecule has 20 heavy (non-hydrogen) atoms. The molecule has 0 aliphatic carbocycles. The van der Waals surface area contributed by atoms with Gasteiger partial charge in [-0.05, 0) is 24.3 Å². The fourth-order valence-electron chi connectivity index (χ4n) is 1.54. The first-order chi connectivity index (χ1) is 9.65. The van der Waals surface area contributed by atoms with Crippen molar-refractivity contribution in [1.82, 2.24) is 4.98 Å². The van der Waals surface area contributed by atoms with Gasteiger partial charge in [0, 0.05) is 18.0 Å². The molecule has 0 fully saturated rings. The van der Waals surface area contributed by atoms with Crippen molar-refractivity contribution in [2.24, 2.45) is 0 Å². The molecule has 2 aromatic rings. The largest absolute Gasteiger partial charge is 0.492 e. The molecule has 3 N–H and O–H groups in total. The van der Waals surface area contributed by atoms with Gasteiger partial charge in [-0.25, -0.2) is 4.98 Å². The van der Waals surface area contributed by atoms with E-state index in [0.29, 0.717) is 30.4 Å². The number of aromatic nitrogens is 1. The Kier molecular flexibility index (Phi) is 4.33. The Balaban J connectivity index is 1.79. The van der Waals surface area contributed by atoms with Gasteiger partial charge in [0.1, 0.15) is 18.2 Å². The van der Waals surface area contributed by atoms with E-state index in [1.807, 2.05) is 0 Å². The highest BCUT2D eigenvalue weighted by molar-refractivity contribution is 5.44. The van der Waals surface area contributed by atoms with Crippen molar-refractivity contribution in [3.8, 4) is 5.75 Å². The topological polar surface area (TPSA) is 103 Å². The Morgan fingerprint density at radius 3 is 2.75 bits per heavy atom. The molecular weight excluding hydrogens is 260 g/mol. The van der Waals surface area contributed by atoms with E-state index in [1.165, 1.54) is 18.3 Å². The minimum absolute atomic E-state index is 0.00181. The maximum atomic E-state index is 10.6. The maximum Gasteiger partial charge on any atom is 0.274 e. The fraction of sp³-hybridized carbons (Fsp3) is 0.154. The zero-order valence-electron chi connectivity index (χ0n) is 10.7. The van der Waals surface area contributed by atoms with Gasteiger partial charge in [0.25, 0.3) is 5.69 Å². The molecule has 1 heterocycles. The van der Waals surface area contributed by atoms with Crippen LogP contribution in [0, 0.1) is 10.1 Å². The Morgan fingerprint density at radius 1 is 1.30 bits per heavy atom. The summed E-state index contributed by atoms with van der Waals surface area (Å²) in [6.45, 7) is 0.896. The second-order valence-corrected chi connectivity index (χ2v) is 4.00. The molecule has 7 heteroatoms. The number of benzene rings is 1. The van der Waals surface area contributed by atoms with Gasteiger partial charge >= 0.3 is 0 Å². The number of ether oxygens (including phenoxy) is 1. The predicted octanol–water partition coefficient (Wildman–Crippen LogP) is 2.06. The fourth-order valence-corrected chi connectivity index (χ4v) is 1.54. The summed E-state index contributed by atoms with van der Waals surface area (Å²) in [5, 5.41) is 13.6. The van der Waals surface area contributed by atoms with Crippen molar-refractivity contribution in [2.75, 3.05) is 24.2 Å². The number of hydrogen-bond donors (Lipinski definition) is 2. The monoisotopic (exact) mass is 274 g/mol. The van der Waals surface area contributed by atoms with Crippen LogP contribution >= 0.6 is 0 Å². The lowest BCUT2D eigenvalue weighted by molar-refractivity contribution is -0.384. The predicted molar refractivity (Wildman–Crippen MR) is 75.7 cm³/mol. The van der Waals surface area contributed by atoms with Gasteiger partial charge in [-0.3, -0.25) is 10.1 Å². The summed E-state index contributed by atoms with van der Waals surface area (Å²) in [6.07, 6.45) is 1.39. The van der Waals surface area contributed by atoms with Crippen molar-refractivity contribution in [2.45, 2.75) is 0 Å². The second kappa shape index (κ2) is 6.37. The highest BCUT2D eigenvalue weighted by atomic mass is 16.6. The van der Waals surface area contributed by atoms with Crippen LogP contribution < -0.4 is 15.8 Å². The summed E-state index contributed by atoms with van der Waals surface area (Å²) in [4.78, 5) is 14.1. The number of hydrogen-bond acceptors (Lipinski definition) is 6. The normalized spacial score (nSPS) is 10.0. The molecule has 1 aromatic carbocycles. The van der Waals surface area contributed by atoms with Crippen LogP contribution in [-0.4, -0.2) is 23.1 Å². The van der Waals surface area contributed by atoms with E-state index in [4.69, 9.17) is 10.5 Å². The van der Waals surface area contributed by atoms with Crippen LogP contribution in [0.15, 0.2) is 42.6 Å². The number of nitrogens with one attached hydrogen (secondary N) is 1. The zero-order chi connectivity index (χ0) is 14.4. The van der Waals surface area contributed by atoms with Gasteiger partial charge in [0.2, 0.25) is 0 Å². The minimum Gasteiger partial charge on any atom is -0.492 e. The lowest BCUT2D eigenvalue weighted by Gasteiger charge is -2.08. The summed E-state index contributed by atoms with van der Waals surface area (Å²) in [7, 11) is 0. The summed E-state index contributed by atoms with van der Waals surface area (Å²) < 4.78 is 5.48. The molecule has 0 aliphatic heterocycles. The molecule has 0 bridgehead atoms. The highest BCUT2D eigenvalue weighted by Gasteiger charge is 2.05. The quantitative estimate of drug-likeness (QED) is 0.361. The summed E-state index contributed by atoms with van der Waals surface area (Å²) in [6, 6.07) is 9.79. The van der Waals surface area contributed by atoms with E-state index in [0.717, 1.165) is 0 Å². The number of nitrogens with zero attached hydrogens (tertiary/aromatic N) is 2. The van der Waals surface area contributed by atoms with E-state index in [-0.39, 0.29) is 5.69 Å². The SMILES string of the molecule is Nc1ccc(OCCNc2cc([N+](=O)[O-])ccn2)cc1. The smallest absolute Gasteiger partial charge is 0.274 e. The van der Waals surface area contributed by atoms with Crippen LogP contribution in [0.5, 0.6) is 5.75 Å². The van der Waals surface area contributed by atoms with E-state index >= 15 is 0 Å². The molecule has 1 aromatic heterocycles. The Bertz CT molecular complexity index is 586. The van der Waals surface area contributed by atoms with Crippen LogP contribution in [0.3, 0.4) is 0 Å². The lowest BCUT2D eigenvalue weighted by Crippen LogP contribution is -2.12. The number of nitrogens with two attached hydrogens (primary N) is 1. The van der Waals surface area contributed by atoms with Gasteiger partial charge in [-0.1, -0.05) is 0 Å². The third-order valence-corrected chi connectivity index (χ3v) is 2.51. The van der Waals surface area contributed by atoms with Gasteiger partial charge in [0.15, 0.2) is 0 Å². The maximum absolute atomic E-state index is 10.6. The molecule has 0 unspecified atom stereocenters. The van der Waals surface area contributed by atoms with E-state index in [9.17, 15) is 10.1 Å². The zero-order valence-corrected chi connectivity index (χ0v) is 10.7. The van der Waals surface area contributed by atoms with Gasteiger partial charge < -0.3 is 15.8 Å². The Hall–Kier alpha value is -2.83. The van der Waals surface area contributed by atoms with E-state index < -0.39 is 4.92 Å². The molecule has 0 radical (unpaired) electrons. The molecule has 2 rings (SSSR count). The van der Waals surface area contributed by atoms with Crippen LogP contribution in [0.1, 0.15) is 0 Å². The highest BCUT2D eigenvalue weighted by Crippen LogP contribution is 2.14. The summed E-state index contributed by atoms with van der Waals surface area (Å²) >= 11 is 0. The number of nitro groups is 1. The van der Waals surface area contributed by atoms with Gasteiger partial charge in [0.05, 0.1) is 17.5 Å². The molecule has 7 nitrogen and oxygen atoms in total. The molecule has 0 spiro atoms. The van der Waals surface area contributed by atoms with Crippen molar-refractivity contribution in [3.05, 3.63) is 52.7 Å². The number of anilines is 2. The first-order valence-corrected chi connectivity index (χ1v) is 5.98. The number of pyridine rings is 1. The van der Waals surface area contributed by atoms with Crippen LogP contribution in [-0.2, 0) is 0 Å². The van der Waals surface area contributed by atoms with E-state index in [1.54, 1.807) is 24.3 Å². The van der Waals surface area contributed by atoms with Gasteiger partial charge in [-0.2, -0.15) is 0 Å². The van der Waals surface area contributed by atoms with Crippen molar-refractivity contribution in [1.29, 1.82) is 0 Å². The molecule has 0 saturated carbocycles. The minimum atomic E-state index is -0.461. The van der Waals surface area contributed by atoms with Crippen molar-refractivity contribution < 1.29 is 9.66 Å². The number of nitrogen functional groups attached to an aromatic ring is 1. The van der Waals surface area contributed by atoms with Gasteiger partial charge in [-0.15, -0.1) is 0 Å². The summed E-state index contributed by atoms with van der Waals surface area (Å²) in [5.74, 6) is 1.16. The van der Waals surface area contributed by atoms with Crippen molar-refractivity contribution >= 4 is 17.2 Å². The molecular formula is C13H14N4O3. The Morgan fingerprint density at radius 2 is 2.05 bits per heavy atom. The molecule has 0 amide bonds. The van der Waals surface area contributed by atoms with Crippen LogP contribution in [0.2, 0.25) is 0 Å². The first kappa shape index (κ1) is 13.6. The average molecular weight is 274 g/mol. The third-order valence-electron chi connectivity index (χ3n) is 2.51. The van der Waals surface area contributed by atoms with Crippen LogP contribution in [0.4, 0.5) is 17.2 Å². The molecule has 0 saturated heterocycles. The molecule has 104 valence electrons. The molecule has 0 aliphatic rings. The third kappa shape index (κ3) is 3.84. The lowest BCUT2D eigenvalue weighted by atomic mass is 10.3. The Labute approximate surface area is 115 Å². The number of rotatable bonds is 6. The van der Waals surface area contributed by atoms with Crippen LogP contribution in [0.25, 0.3) is 0 Å². The average Bonchev–Trinajstić information content (AvgIpc) is 2.46. The standard InChI is InChI=1S/C13H14N4O3/c14-10-1-3-12(4-2-10)20-8-7-16-13-9-11(17(18)19)5-6-15-13/h1-6,9H,7-8,14H2,(H,15,16). The second-order valence-electron chi connectivity index (χ2n) is 4.00. The summed E-state index contributed by atoms with van der Waals surface area (Å²) in [5.41, 5.74) is 6.24. The van der Waals surface area contributed by atoms with E-state index in [2.05, 4.69) is 10.3 Å². The first-order valence-electron chi connectivity index (χ1n) is 5.98. The van der Waals surface area contributed by atoms with Crippen molar-refractivity contribution in [3.63, 3.8) is 0 Å². The molecule has 0 atom stereocenters.